The third-order valence-electron chi connectivity index (χ3n) is 4.07. The monoisotopic (exact) mass is 319 g/mol. The molecular formula is C15H25N7O. The van der Waals surface area contributed by atoms with E-state index in [2.05, 4.69) is 32.4 Å². The van der Waals surface area contributed by atoms with E-state index in [9.17, 15) is 0 Å². The Morgan fingerprint density at radius 3 is 3.09 bits per heavy atom. The molecule has 2 aromatic heterocycles. The maximum Gasteiger partial charge on any atom is 0.165 e. The van der Waals surface area contributed by atoms with Gasteiger partial charge in [0, 0.05) is 25.8 Å². The highest BCUT2D eigenvalue weighted by molar-refractivity contribution is 4.99. The average molecular weight is 319 g/mol. The SMILES string of the molecule is CCCCn1nnnc1CN1CCO[C@@H](Cn2cc(C)cn2)C1. The molecule has 1 atom stereocenters. The maximum atomic E-state index is 5.87. The summed E-state index contributed by atoms with van der Waals surface area (Å²) in [6, 6.07) is 0. The number of unbranched alkanes of at least 4 members (excludes halogenated alkanes) is 1. The van der Waals surface area contributed by atoms with Crippen molar-refractivity contribution >= 4 is 0 Å². The van der Waals surface area contributed by atoms with Crippen LogP contribution in [0, 0.1) is 6.92 Å². The van der Waals surface area contributed by atoms with Gasteiger partial charge in [0.15, 0.2) is 5.82 Å². The highest BCUT2D eigenvalue weighted by Gasteiger charge is 2.22. The molecule has 126 valence electrons. The minimum Gasteiger partial charge on any atom is -0.374 e. The second-order valence-corrected chi connectivity index (χ2v) is 6.14. The van der Waals surface area contributed by atoms with E-state index in [1.54, 1.807) is 0 Å². The van der Waals surface area contributed by atoms with Crippen molar-refractivity contribution in [3.05, 3.63) is 23.8 Å². The van der Waals surface area contributed by atoms with Crippen molar-refractivity contribution in [1.29, 1.82) is 0 Å². The van der Waals surface area contributed by atoms with Crippen LogP contribution in [0.1, 0.15) is 31.2 Å². The first kappa shape index (κ1) is 16.1. The van der Waals surface area contributed by atoms with Crippen LogP contribution in [-0.2, 0) is 24.4 Å². The molecule has 1 saturated heterocycles. The predicted molar refractivity (Wildman–Crippen MR) is 84.7 cm³/mol. The van der Waals surface area contributed by atoms with Gasteiger partial charge in [0.05, 0.1) is 32.0 Å². The summed E-state index contributed by atoms with van der Waals surface area (Å²) >= 11 is 0. The van der Waals surface area contributed by atoms with Crippen molar-refractivity contribution in [1.82, 2.24) is 34.9 Å². The summed E-state index contributed by atoms with van der Waals surface area (Å²) in [4.78, 5) is 2.36. The number of ether oxygens (including phenoxy) is 1. The normalized spacial score (nSPS) is 19.3. The van der Waals surface area contributed by atoms with E-state index in [1.165, 1.54) is 5.56 Å². The van der Waals surface area contributed by atoms with E-state index in [1.807, 2.05) is 28.7 Å². The van der Waals surface area contributed by atoms with Crippen LogP contribution in [0.5, 0.6) is 0 Å². The topological polar surface area (TPSA) is 73.9 Å². The predicted octanol–water partition coefficient (Wildman–Crippen LogP) is 0.879. The Morgan fingerprint density at radius 2 is 2.30 bits per heavy atom. The van der Waals surface area contributed by atoms with Gasteiger partial charge < -0.3 is 4.74 Å². The minimum absolute atomic E-state index is 0.156. The smallest absolute Gasteiger partial charge is 0.165 e. The van der Waals surface area contributed by atoms with Crippen LogP contribution in [0.4, 0.5) is 0 Å². The van der Waals surface area contributed by atoms with E-state index in [0.29, 0.717) is 0 Å². The van der Waals surface area contributed by atoms with E-state index in [0.717, 1.165) is 58.0 Å². The Kier molecular flexibility index (Phi) is 5.35. The van der Waals surface area contributed by atoms with Crippen LogP contribution in [0.3, 0.4) is 0 Å². The quantitative estimate of drug-likeness (QED) is 0.754. The Balaban J connectivity index is 1.55. The van der Waals surface area contributed by atoms with E-state index < -0.39 is 0 Å². The van der Waals surface area contributed by atoms with Gasteiger partial charge in [0.2, 0.25) is 0 Å². The number of aryl methyl sites for hydroxylation is 2. The van der Waals surface area contributed by atoms with Crippen molar-refractivity contribution in [2.75, 3.05) is 19.7 Å². The van der Waals surface area contributed by atoms with E-state index >= 15 is 0 Å². The van der Waals surface area contributed by atoms with Gasteiger partial charge in [-0.25, -0.2) is 4.68 Å². The number of morpholine rings is 1. The lowest BCUT2D eigenvalue weighted by molar-refractivity contribution is -0.0412. The summed E-state index contributed by atoms with van der Waals surface area (Å²) in [6.07, 6.45) is 6.32. The number of rotatable bonds is 7. The van der Waals surface area contributed by atoms with Gasteiger partial charge in [-0.15, -0.1) is 5.10 Å². The summed E-state index contributed by atoms with van der Waals surface area (Å²) in [5, 5.41) is 16.4. The maximum absolute atomic E-state index is 5.87. The standard InChI is InChI=1S/C15H25N7O/c1-3-4-5-22-15(17-18-19-22)12-20-6-7-23-14(10-20)11-21-9-13(2)8-16-21/h8-9,14H,3-7,10-12H2,1-2H3/t14-/m1/s1. The zero-order valence-corrected chi connectivity index (χ0v) is 13.9. The zero-order valence-electron chi connectivity index (χ0n) is 13.9. The van der Waals surface area contributed by atoms with Gasteiger partial charge in [0.1, 0.15) is 0 Å². The lowest BCUT2D eigenvalue weighted by Crippen LogP contribution is -2.44. The Bertz CT molecular complexity index is 608. The molecule has 0 aromatic carbocycles. The largest absolute Gasteiger partial charge is 0.374 e. The van der Waals surface area contributed by atoms with Crippen LogP contribution >= 0.6 is 0 Å². The van der Waals surface area contributed by atoms with Crippen molar-refractivity contribution in [2.24, 2.45) is 0 Å². The molecular weight excluding hydrogens is 294 g/mol. The third kappa shape index (κ3) is 4.35. The number of tetrazole rings is 1. The molecule has 0 radical (unpaired) electrons. The van der Waals surface area contributed by atoms with Crippen molar-refractivity contribution in [2.45, 2.75) is 52.4 Å². The molecule has 1 aliphatic heterocycles. The van der Waals surface area contributed by atoms with Crippen molar-refractivity contribution < 1.29 is 4.74 Å². The van der Waals surface area contributed by atoms with Crippen molar-refractivity contribution in [3.63, 3.8) is 0 Å². The molecule has 0 bridgehead atoms. The van der Waals surface area contributed by atoms with Crippen LogP contribution in [0.25, 0.3) is 0 Å². The van der Waals surface area contributed by atoms with E-state index in [-0.39, 0.29) is 6.10 Å². The molecule has 0 amide bonds. The first-order valence-electron chi connectivity index (χ1n) is 8.32. The zero-order chi connectivity index (χ0) is 16.1. The number of aromatic nitrogens is 6. The molecule has 0 unspecified atom stereocenters. The summed E-state index contributed by atoms with van der Waals surface area (Å²) in [5.41, 5.74) is 1.17. The lowest BCUT2D eigenvalue weighted by atomic mass is 10.2. The molecule has 0 saturated carbocycles. The van der Waals surface area contributed by atoms with Gasteiger partial charge in [-0.3, -0.25) is 9.58 Å². The molecule has 1 fully saturated rings. The van der Waals surface area contributed by atoms with Gasteiger partial charge in [-0.1, -0.05) is 13.3 Å². The van der Waals surface area contributed by atoms with Crippen molar-refractivity contribution in [3.8, 4) is 0 Å². The van der Waals surface area contributed by atoms with Gasteiger partial charge >= 0.3 is 0 Å². The van der Waals surface area contributed by atoms with Gasteiger partial charge in [-0.2, -0.15) is 5.10 Å². The number of hydrogen-bond donors (Lipinski definition) is 0. The molecule has 1 aliphatic rings. The summed E-state index contributed by atoms with van der Waals surface area (Å²) in [6.45, 7) is 9.19. The molecule has 0 spiro atoms. The average Bonchev–Trinajstić information content (AvgIpc) is 3.15. The number of hydrogen-bond acceptors (Lipinski definition) is 6. The molecule has 8 nitrogen and oxygen atoms in total. The molecule has 3 heterocycles. The van der Waals surface area contributed by atoms with Crippen LogP contribution in [0.15, 0.2) is 12.4 Å². The third-order valence-corrected chi connectivity index (χ3v) is 4.07. The highest BCUT2D eigenvalue weighted by atomic mass is 16.5. The Labute approximate surface area is 136 Å². The number of nitrogens with zero attached hydrogens (tertiary/aromatic N) is 7. The highest BCUT2D eigenvalue weighted by Crippen LogP contribution is 2.11. The molecule has 23 heavy (non-hydrogen) atoms. The van der Waals surface area contributed by atoms with Crippen LogP contribution in [0.2, 0.25) is 0 Å². The Morgan fingerprint density at radius 1 is 1.39 bits per heavy atom. The second kappa shape index (κ2) is 7.65. The van der Waals surface area contributed by atoms with E-state index in [4.69, 9.17) is 4.74 Å². The lowest BCUT2D eigenvalue weighted by Gasteiger charge is -2.32. The summed E-state index contributed by atoms with van der Waals surface area (Å²) < 4.78 is 9.75. The van der Waals surface area contributed by atoms with Crippen LogP contribution in [-0.4, -0.2) is 60.7 Å². The molecule has 0 aliphatic carbocycles. The fourth-order valence-electron chi connectivity index (χ4n) is 2.83. The minimum atomic E-state index is 0.156. The molecule has 0 N–H and O–H groups in total. The fourth-order valence-corrected chi connectivity index (χ4v) is 2.83. The Hall–Kier alpha value is -1.80. The van der Waals surface area contributed by atoms with Crippen LogP contribution < -0.4 is 0 Å². The molecule has 3 rings (SSSR count). The van der Waals surface area contributed by atoms with Gasteiger partial charge in [-0.05, 0) is 29.3 Å². The second-order valence-electron chi connectivity index (χ2n) is 6.14. The first-order chi connectivity index (χ1) is 11.2. The fraction of sp³-hybridized carbons (Fsp3) is 0.733. The molecule has 2 aromatic rings. The summed E-state index contributed by atoms with van der Waals surface area (Å²) in [7, 11) is 0. The first-order valence-corrected chi connectivity index (χ1v) is 8.32. The van der Waals surface area contributed by atoms with Gasteiger partial charge in [0.25, 0.3) is 0 Å². The summed E-state index contributed by atoms with van der Waals surface area (Å²) in [5.74, 6) is 0.939. The molecule has 8 heteroatoms.